The van der Waals surface area contributed by atoms with Gasteiger partial charge in [0.25, 0.3) is 0 Å². The van der Waals surface area contributed by atoms with Crippen LogP contribution in [0.3, 0.4) is 0 Å². The molecule has 0 aliphatic carbocycles. The summed E-state index contributed by atoms with van der Waals surface area (Å²) < 4.78 is 0. The molecule has 1 unspecified atom stereocenters. The fraction of sp³-hybridized carbons (Fsp3) is 0.217. The van der Waals surface area contributed by atoms with Crippen molar-refractivity contribution in [2.75, 3.05) is 9.80 Å². The molecule has 0 saturated carbocycles. The summed E-state index contributed by atoms with van der Waals surface area (Å²) in [5.41, 5.74) is 8.96. The van der Waals surface area contributed by atoms with E-state index in [1.165, 1.54) is 39.4 Å². The number of para-hydroxylation sites is 3. The Kier molecular flexibility index (Phi) is 3.76. The summed E-state index contributed by atoms with van der Waals surface area (Å²) in [4.78, 5) is 4.89. The van der Waals surface area contributed by atoms with Gasteiger partial charge in [-0.25, -0.2) is 0 Å². The highest BCUT2D eigenvalue weighted by Gasteiger charge is 2.35. The lowest BCUT2D eigenvalue weighted by Gasteiger charge is -2.31. The van der Waals surface area contributed by atoms with Gasteiger partial charge in [0.2, 0.25) is 0 Å². The predicted molar refractivity (Wildman–Crippen MR) is 107 cm³/mol. The van der Waals surface area contributed by atoms with Crippen LogP contribution in [0.25, 0.3) is 0 Å². The van der Waals surface area contributed by atoms with Crippen molar-refractivity contribution in [1.29, 1.82) is 0 Å². The van der Waals surface area contributed by atoms with Gasteiger partial charge in [-0.3, -0.25) is 0 Å². The zero-order valence-electron chi connectivity index (χ0n) is 15.3. The molecule has 1 aliphatic heterocycles. The number of nitrogens with zero attached hydrogens (tertiary/aromatic N) is 2. The minimum absolute atomic E-state index is 0.222. The number of aryl methyl sites for hydroxylation is 3. The van der Waals surface area contributed by atoms with E-state index in [2.05, 4.69) is 104 Å². The van der Waals surface area contributed by atoms with Crippen molar-refractivity contribution in [3.05, 3.63) is 83.4 Å². The van der Waals surface area contributed by atoms with Crippen LogP contribution in [-0.2, 0) is 0 Å². The number of rotatable bonds is 2. The van der Waals surface area contributed by atoms with Crippen LogP contribution in [0.15, 0.2) is 66.7 Å². The van der Waals surface area contributed by atoms with Crippen LogP contribution < -0.4 is 9.80 Å². The van der Waals surface area contributed by atoms with Crippen LogP contribution in [0, 0.1) is 20.8 Å². The molecule has 0 bridgehead atoms. The average Bonchev–Trinajstić information content (AvgIpc) is 2.86. The van der Waals surface area contributed by atoms with Gasteiger partial charge < -0.3 is 9.80 Å². The molecular weight excluding hydrogens is 304 g/mol. The van der Waals surface area contributed by atoms with Crippen molar-refractivity contribution in [2.45, 2.75) is 33.9 Å². The fourth-order valence-electron chi connectivity index (χ4n) is 4.00. The van der Waals surface area contributed by atoms with Gasteiger partial charge in [-0.05, 0) is 74.7 Å². The second-order valence-electron chi connectivity index (χ2n) is 6.99. The number of fused-ring (bicyclic) bond motifs is 1. The van der Waals surface area contributed by atoms with Crippen LogP contribution in [0.1, 0.15) is 23.6 Å². The largest absolute Gasteiger partial charge is 0.319 e. The first kappa shape index (κ1) is 15.8. The van der Waals surface area contributed by atoms with Gasteiger partial charge in [0.15, 0.2) is 0 Å². The second-order valence-corrected chi connectivity index (χ2v) is 6.99. The van der Waals surface area contributed by atoms with Crippen LogP contribution in [-0.4, -0.2) is 6.17 Å². The Bertz CT molecular complexity index is 909. The molecule has 126 valence electrons. The second kappa shape index (κ2) is 5.96. The summed E-state index contributed by atoms with van der Waals surface area (Å²) in [5.74, 6) is 0. The van der Waals surface area contributed by atoms with E-state index in [9.17, 15) is 0 Å². The summed E-state index contributed by atoms with van der Waals surface area (Å²) in [6.07, 6.45) is 0.222. The molecule has 0 fully saturated rings. The topological polar surface area (TPSA) is 6.48 Å². The van der Waals surface area contributed by atoms with Gasteiger partial charge in [0.1, 0.15) is 6.17 Å². The maximum atomic E-state index is 2.45. The summed E-state index contributed by atoms with van der Waals surface area (Å²) in [6, 6.07) is 24.1. The molecule has 25 heavy (non-hydrogen) atoms. The highest BCUT2D eigenvalue weighted by atomic mass is 15.4. The van der Waals surface area contributed by atoms with E-state index in [1.807, 2.05) is 0 Å². The molecule has 1 heterocycles. The number of benzene rings is 3. The fourth-order valence-corrected chi connectivity index (χ4v) is 4.00. The lowest BCUT2D eigenvalue weighted by Crippen LogP contribution is -2.35. The molecule has 4 rings (SSSR count). The van der Waals surface area contributed by atoms with Crippen LogP contribution >= 0.6 is 0 Å². The van der Waals surface area contributed by atoms with E-state index in [4.69, 9.17) is 0 Å². The van der Waals surface area contributed by atoms with Crippen LogP contribution in [0.4, 0.5) is 22.7 Å². The Morgan fingerprint density at radius 2 is 1.16 bits per heavy atom. The standard InChI is InChI=1S/C23H24N2/c1-16-13-17(2)15-20(14-16)24-19(4)25(21-10-6-5-9-18(21)3)23-12-8-7-11-22(23)24/h5-15,19H,1-4H3. The highest BCUT2D eigenvalue weighted by molar-refractivity contribution is 5.88. The lowest BCUT2D eigenvalue weighted by molar-refractivity contribution is 0.759. The van der Waals surface area contributed by atoms with E-state index in [-0.39, 0.29) is 6.17 Å². The minimum atomic E-state index is 0.222. The van der Waals surface area contributed by atoms with Gasteiger partial charge in [-0.1, -0.05) is 36.4 Å². The van der Waals surface area contributed by atoms with Crippen molar-refractivity contribution in [2.24, 2.45) is 0 Å². The summed E-state index contributed by atoms with van der Waals surface area (Å²) in [5, 5.41) is 0. The SMILES string of the molecule is Cc1cc(C)cc(N2c3ccccc3N(c3ccccc3C)C2C)c1. The van der Waals surface area contributed by atoms with Gasteiger partial charge in [-0.15, -0.1) is 0 Å². The number of hydrogen-bond acceptors (Lipinski definition) is 2. The average molecular weight is 328 g/mol. The maximum absolute atomic E-state index is 2.45. The third kappa shape index (κ3) is 2.58. The van der Waals surface area contributed by atoms with Gasteiger partial charge in [0.05, 0.1) is 11.4 Å². The zero-order valence-corrected chi connectivity index (χ0v) is 15.3. The molecule has 1 atom stereocenters. The molecule has 2 nitrogen and oxygen atoms in total. The molecular formula is C23H24N2. The lowest BCUT2D eigenvalue weighted by atomic mass is 10.1. The van der Waals surface area contributed by atoms with Crippen molar-refractivity contribution in [3.63, 3.8) is 0 Å². The highest BCUT2D eigenvalue weighted by Crippen LogP contribution is 2.48. The predicted octanol–water partition coefficient (Wildman–Crippen LogP) is 6.25. The van der Waals surface area contributed by atoms with Crippen molar-refractivity contribution in [3.8, 4) is 0 Å². The number of hydrogen-bond donors (Lipinski definition) is 0. The van der Waals surface area contributed by atoms with E-state index in [1.54, 1.807) is 0 Å². The Morgan fingerprint density at radius 1 is 0.640 bits per heavy atom. The summed E-state index contributed by atoms with van der Waals surface area (Å²) in [6.45, 7) is 8.80. The van der Waals surface area contributed by atoms with E-state index >= 15 is 0 Å². The Labute approximate surface area is 150 Å². The first-order valence-corrected chi connectivity index (χ1v) is 8.87. The molecule has 0 N–H and O–H groups in total. The van der Waals surface area contributed by atoms with Gasteiger partial charge in [0, 0.05) is 11.4 Å². The molecule has 3 aromatic carbocycles. The first-order valence-electron chi connectivity index (χ1n) is 8.87. The van der Waals surface area contributed by atoms with Crippen LogP contribution in [0.2, 0.25) is 0 Å². The monoisotopic (exact) mass is 328 g/mol. The van der Waals surface area contributed by atoms with Gasteiger partial charge in [-0.2, -0.15) is 0 Å². The zero-order chi connectivity index (χ0) is 17.6. The summed E-state index contributed by atoms with van der Waals surface area (Å²) >= 11 is 0. The first-order chi connectivity index (χ1) is 12.1. The normalized spacial score (nSPS) is 16.2. The Balaban J connectivity index is 1.90. The Hall–Kier alpha value is -2.74. The quantitative estimate of drug-likeness (QED) is 0.549. The van der Waals surface area contributed by atoms with Crippen molar-refractivity contribution >= 4 is 22.7 Å². The third-order valence-electron chi connectivity index (χ3n) is 5.01. The smallest absolute Gasteiger partial charge is 0.108 e. The van der Waals surface area contributed by atoms with Crippen molar-refractivity contribution < 1.29 is 0 Å². The van der Waals surface area contributed by atoms with Crippen LogP contribution in [0.5, 0.6) is 0 Å². The molecule has 2 heteroatoms. The minimum Gasteiger partial charge on any atom is -0.319 e. The van der Waals surface area contributed by atoms with Gasteiger partial charge >= 0.3 is 0 Å². The van der Waals surface area contributed by atoms with Crippen molar-refractivity contribution in [1.82, 2.24) is 0 Å². The van der Waals surface area contributed by atoms with E-state index < -0.39 is 0 Å². The molecule has 1 aliphatic rings. The molecule has 0 radical (unpaired) electrons. The number of anilines is 4. The maximum Gasteiger partial charge on any atom is 0.108 e. The molecule has 0 saturated heterocycles. The molecule has 0 spiro atoms. The van der Waals surface area contributed by atoms with E-state index in [0.29, 0.717) is 0 Å². The molecule has 0 aromatic heterocycles. The summed E-state index contributed by atoms with van der Waals surface area (Å²) in [7, 11) is 0. The van der Waals surface area contributed by atoms with E-state index in [0.717, 1.165) is 0 Å². The molecule has 3 aromatic rings. The third-order valence-corrected chi connectivity index (χ3v) is 5.01. The molecule has 0 amide bonds. The Morgan fingerprint density at radius 3 is 1.76 bits per heavy atom.